The molecule has 2 atom stereocenters. The molecule has 0 radical (unpaired) electrons. The summed E-state index contributed by atoms with van der Waals surface area (Å²) in [5.74, 6) is 1.70. The molecule has 0 saturated carbocycles. The number of likely N-dealkylation sites (tertiary alicyclic amines) is 2. The molecule has 2 N–H and O–H groups in total. The second-order valence-corrected chi connectivity index (χ2v) is 7.86. The average molecular weight is 366 g/mol. The largest absolute Gasteiger partial charge is 0.356 e. The van der Waals surface area contributed by atoms with Gasteiger partial charge in [0.1, 0.15) is 0 Å². The number of carbonyl (C=O) groups excluding carboxylic acids is 1. The van der Waals surface area contributed by atoms with Gasteiger partial charge < -0.3 is 15.5 Å². The molecular formula is C20H39N5O. The third-order valence-electron chi connectivity index (χ3n) is 5.78. The first kappa shape index (κ1) is 21.0. The lowest BCUT2D eigenvalue weighted by Crippen LogP contribution is -2.46. The number of aliphatic imine (C=N–C) groups is 1. The van der Waals surface area contributed by atoms with E-state index in [0.29, 0.717) is 18.9 Å². The van der Waals surface area contributed by atoms with Gasteiger partial charge in [-0.2, -0.15) is 0 Å². The van der Waals surface area contributed by atoms with E-state index in [1.54, 1.807) is 7.05 Å². The van der Waals surface area contributed by atoms with Crippen molar-refractivity contribution in [3.05, 3.63) is 0 Å². The Morgan fingerprint density at radius 2 is 1.92 bits per heavy atom. The van der Waals surface area contributed by atoms with Crippen molar-refractivity contribution < 1.29 is 4.79 Å². The van der Waals surface area contributed by atoms with Gasteiger partial charge in [0.05, 0.1) is 0 Å². The molecule has 6 heteroatoms. The number of carbonyl (C=O) groups is 1. The number of hydrogen-bond donors (Lipinski definition) is 2. The lowest BCUT2D eigenvalue weighted by Gasteiger charge is -2.35. The fraction of sp³-hybridized carbons (Fsp3) is 0.900. The molecule has 6 nitrogen and oxygen atoms in total. The van der Waals surface area contributed by atoms with E-state index in [2.05, 4.69) is 34.4 Å². The topological polar surface area (TPSA) is 60.0 Å². The van der Waals surface area contributed by atoms with Crippen LogP contribution in [0.15, 0.2) is 4.99 Å². The van der Waals surface area contributed by atoms with Crippen LogP contribution in [-0.2, 0) is 4.79 Å². The Labute approximate surface area is 159 Å². The van der Waals surface area contributed by atoms with Crippen LogP contribution < -0.4 is 10.6 Å². The van der Waals surface area contributed by atoms with Gasteiger partial charge in [0, 0.05) is 52.2 Å². The summed E-state index contributed by atoms with van der Waals surface area (Å²) >= 11 is 0. The fourth-order valence-electron chi connectivity index (χ4n) is 4.22. The summed E-state index contributed by atoms with van der Waals surface area (Å²) in [5.41, 5.74) is 0. The predicted octanol–water partition coefficient (Wildman–Crippen LogP) is 2.06. The number of hydrogen-bond acceptors (Lipinski definition) is 3. The summed E-state index contributed by atoms with van der Waals surface area (Å²) in [6.07, 6.45) is 8.19. The molecule has 26 heavy (non-hydrogen) atoms. The van der Waals surface area contributed by atoms with Crippen molar-refractivity contribution in [2.24, 2.45) is 10.9 Å². The van der Waals surface area contributed by atoms with E-state index in [0.717, 1.165) is 44.6 Å². The Bertz CT molecular complexity index is 453. The first-order valence-corrected chi connectivity index (χ1v) is 10.6. The summed E-state index contributed by atoms with van der Waals surface area (Å²) in [6, 6.07) is 0.741. The van der Waals surface area contributed by atoms with Crippen molar-refractivity contribution in [1.29, 1.82) is 0 Å². The third-order valence-corrected chi connectivity index (χ3v) is 5.78. The molecule has 2 unspecified atom stereocenters. The smallest absolute Gasteiger partial charge is 0.224 e. The summed E-state index contributed by atoms with van der Waals surface area (Å²) in [4.78, 5) is 21.2. The van der Waals surface area contributed by atoms with Gasteiger partial charge in [0.25, 0.3) is 0 Å². The van der Waals surface area contributed by atoms with Crippen LogP contribution in [0.5, 0.6) is 0 Å². The molecule has 0 aromatic carbocycles. The zero-order valence-corrected chi connectivity index (χ0v) is 17.1. The van der Waals surface area contributed by atoms with Crippen molar-refractivity contribution in [2.75, 3.05) is 46.3 Å². The highest BCUT2D eigenvalue weighted by Crippen LogP contribution is 2.18. The molecule has 150 valence electrons. The first-order valence-electron chi connectivity index (χ1n) is 10.6. The Kier molecular flexibility index (Phi) is 9.23. The molecular weight excluding hydrogens is 326 g/mol. The monoisotopic (exact) mass is 365 g/mol. The minimum Gasteiger partial charge on any atom is -0.356 e. The zero-order valence-electron chi connectivity index (χ0n) is 17.1. The quantitative estimate of drug-likeness (QED) is 0.536. The Morgan fingerprint density at radius 1 is 1.12 bits per heavy atom. The maximum absolute atomic E-state index is 12.3. The van der Waals surface area contributed by atoms with Gasteiger partial charge in [-0.15, -0.1) is 0 Å². The number of piperidine rings is 2. The van der Waals surface area contributed by atoms with Crippen LogP contribution in [0.3, 0.4) is 0 Å². The van der Waals surface area contributed by atoms with Crippen LogP contribution >= 0.6 is 0 Å². The van der Waals surface area contributed by atoms with Gasteiger partial charge in [-0.25, -0.2) is 0 Å². The van der Waals surface area contributed by atoms with Crippen LogP contribution in [-0.4, -0.2) is 74.0 Å². The van der Waals surface area contributed by atoms with Gasteiger partial charge in [-0.3, -0.25) is 14.7 Å². The highest BCUT2D eigenvalue weighted by atomic mass is 16.2. The van der Waals surface area contributed by atoms with Crippen LogP contribution in [0.1, 0.15) is 58.8 Å². The van der Waals surface area contributed by atoms with Crippen LogP contribution in [0, 0.1) is 5.92 Å². The molecule has 2 aliphatic rings. The number of nitrogens with one attached hydrogen (secondary N) is 2. The van der Waals surface area contributed by atoms with Crippen molar-refractivity contribution in [3.63, 3.8) is 0 Å². The summed E-state index contributed by atoms with van der Waals surface area (Å²) in [6.45, 7) is 10.2. The van der Waals surface area contributed by atoms with E-state index in [1.165, 1.54) is 38.6 Å². The Morgan fingerprint density at radius 3 is 2.65 bits per heavy atom. The van der Waals surface area contributed by atoms with Crippen molar-refractivity contribution >= 4 is 11.9 Å². The van der Waals surface area contributed by atoms with Crippen LogP contribution in [0.25, 0.3) is 0 Å². The highest BCUT2D eigenvalue weighted by molar-refractivity contribution is 5.81. The van der Waals surface area contributed by atoms with E-state index in [4.69, 9.17) is 0 Å². The van der Waals surface area contributed by atoms with Crippen molar-refractivity contribution in [1.82, 2.24) is 20.4 Å². The molecule has 2 fully saturated rings. The van der Waals surface area contributed by atoms with Gasteiger partial charge >= 0.3 is 0 Å². The first-order chi connectivity index (χ1) is 12.6. The molecule has 0 spiro atoms. The molecule has 2 rings (SSSR count). The number of rotatable bonds is 7. The summed E-state index contributed by atoms with van der Waals surface area (Å²) in [5, 5.41) is 6.68. The lowest BCUT2D eigenvalue weighted by atomic mass is 10.00. The van der Waals surface area contributed by atoms with E-state index in [-0.39, 0.29) is 5.91 Å². The molecule has 2 saturated heterocycles. The number of nitrogens with zero attached hydrogens (tertiary/aromatic N) is 3. The van der Waals surface area contributed by atoms with E-state index >= 15 is 0 Å². The Balaban J connectivity index is 1.62. The SMILES string of the molecule is CCC1CCCCN1CCNC(=NC)NCCC(=O)N1CCCC(C)C1. The third kappa shape index (κ3) is 6.78. The summed E-state index contributed by atoms with van der Waals surface area (Å²) in [7, 11) is 1.79. The highest BCUT2D eigenvalue weighted by Gasteiger charge is 2.21. The van der Waals surface area contributed by atoms with Gasteiger partial charge in [0.15, 0.2) is 5.96 Å². The number of guanidine groups is 1. The zero-order chi connectivity index (χ0) is 18.8. The predicted molar refractivity (Wildman–Crippen MR) is 108 cm³/mol. The van der Waals surface area contributed by atoms with E-state index in [1.807, 2.05) is 4.90 Å². The maximum Gasteiger partial charge on any atom is 0.224 e. The molecule has 2 aliphatic heterocycles. The second-order valence-electron chi connectivity index (χ2n) is 7.86. The summed E-state index contributed by atoms with van der Waals surface area (Å²) < 4.78 is 0. The normalized spacial score (nSPS) is 25.2. The molecule has 1 amide bonds. The molecule has 0 aliphatic carbocycles. The van der Waals surface area contributed by atoms with Crippen molar-refractivity contribution in [2.45, 2.75) is 64.8 Å². The Hall–Kier alpha value is -1.30. The van der Waals surface area contributed by atoms with E-state index < -0.39 is 0 Å². The minimum absolute atomic E-state index is 0.263. The molecule has 0 bridgehead atoms. The average Bonchev–Trinajstić information content (AvgIpc) is 2.67. The van der Waals surface area contributed by atoms with Gasteiger partial charge in [0.2, 0.25) is 5.91 Å². The van der Waals surface area contributed by atoms with Crippen molar-refractivity contribution in [3.8, 4) is 0 Å². The van der Waals surface area contributed by atoms with E-state index in [9.17, 15) is 4.79 Å². The second kappa shape index (κ2) is 11.4. The maximum atomic E-state index is 12.3. The van der Waals surface area contributed by atoms with Crippen LogP contribution in [0.2, 0.25) is 0 Å². The molecule has 2 heterocycles. The minimum atomic E-state index is 0.263. The lowest BCUT2D eigenvalue weighted by molar-refractivity contribution is -0.132. The molecule has 0 aromatic heterocycles. The molecule has 0 aromatic rings. The van der Waals surface area contributed by atoms with Gasteiger partial charge in [-0.1, -0.05) is 20.3 Å². The van der Waals surface area contributed by atoms with Gasteiger partial charge in [-0.05, 0) is 44.6 Å². The number of amides is 1. The fourth-order valence-corrected chi connectivity index (χ4v) is 4.22. The van der Waals surface area contributed by atoms with Crippen LogP contribution in [0.4, 0.5) is 0 Å². The standard InChI is InChI=1S/C20H39N5O/c1-4-18-9-5-6-13-24(18)15-12-23-20(21-3)22-11-10-19(26)25-14-7-8-17(2)16-25/h17-18H,4-16H2,1-3H3,(H2,21,22,23).